The third kappa shape index (κ3) is 4.43. The quantitative estimate of drug-likeness (QED) is 0.575. The van der Waals surface area contributed by atoms with Gasteiger partial charge in [-0.05, 0) is 31.2 Å². The molecule has 2 aromatic carbocycles. The second-order valence-electron chi connectivity index (χ2n) is 5.54. The van der Waals surface area contributed by atoms with Crippen LogP contribution in [0, 0.1) is 11.6 Å². The first-order chi connectivity index (χ1) is 13.3. The second kappa shape index (κ2) is 8.94. The molecular formula is C19H17F2NO6. The van der Waals surface area contributed by atoms with E-state index >= 15 is 0 Å². The number of aldehydes is 1. The predicted octanol–water partition coefficient (Wildman–Crippen LogP) is 2.98. The van der Waals surface area contributed by atoms with E-state index in [0.717, 1.165) is 18.2 Å². The normalized spacial score (nSPS) is 11.3. The summed E-state index contributed by atoms with van der Waals surface area (Å²) in [4.78, 5) is 36.0. The fourth-order valence-electron chi connectivity index (χ4n) is 2.35. The number of hydrogen-bond donors (Lipinski definition) is 1. The number of nitrogens with one attached hydrogen (secondary N) is 1. The first-order valence-corrected chi connectivity index (χ1v) is 7.99. The number of ether oxygens (including phenoxy) is 3. The van der Waals surface area contributed by atoms with Crippen LogP contribution in [-0.2, 0) is 9.53 Å². The summed E-state index contributed by atoms with van der Waals surface area (Å²) in [6.45, 7) is 1.23. The van der Waals surface area contributed by atoms with Gasteiger partial charge in [-0.2, -0.15) is 0 Å². The van der Waals surface area contributed by atoms with Crippen molar-refractivity contribution in [3.05, 3.63) is 53.1 Å². The van der Waals surface area contributed by atoms with Crippen molar-refractivity contribution in [1.82, 2.24) is 0 Å². The fourth-order valence-corrected chi connectivity index (χ4v) is 2.35. The third-order valence-corrected chi connectivity index (χ3v) is 3.75. The molecule has 148 valence electrons. The van der Waals surface area contributed by atoms with Crippen molar-refractivity contribution in [3.63, 3.8) is 0 Å². The molecule has 0 radical (unpaired) electrons. The van der Waals surface area contributed by atoms with Crippen LogP contribution in [0.15, 0.2) is 30.3 Å². The summed E-state index contributed by atoms with van der Waals surface area (Å²) < 4.78 is 42.1. The van der Waals surface area contributed by atoms with Gasteiger partial charge in [-0.15, -0.1) is 0 Å². The molecule has 0 aliphatic carbocycles. The maximum absolute atomic E-state index is 13.6. The van der Waals surface area contributed by atoms with Crippen molar-refractivity contribution >= 4 is 23.9 Å². The maximum atomic E-state index is 13.6. The first-order valence-electron chi connectivity index (χ1n) is 7.99. The topological polar surface area (TPSA) is 90.9 Å². The van der Waals surface area contributed by atoms with Gasteiger partial charge in [0.25, 0.3) is 5.91 Å². The van der Waals surface area contributed by atoms with E-state index in [1.807, 2.05) is 0 Å². The average Bonchev–Trinajstić information content (AvgIpc) is 2.69. The van der Waals surface area contributed by atoms with Gasteiger partial charge in [0.15, 0.2) is 23.9 Å². The highest BCUT2D eigenvalue weighted by molar-refractivity contribution is 6.03. The number of carbonyl (C=O) groups excluding carboxylic acids is 3. The number of halogens is 2. The molecule has 0 unspecified atom stereocenters. The molecule has 1 N–H and O–H groups in total. The van der Waals surface area contributed by atoms with Crippen LogP contribution in [0.1, 0.15) is 27.6 Å². The highest BCUT2D eigenvalue weighted by Gasteiger charge is 2.26. The monoisotopic (exact) mass is 393 g/mol. The molecule has 0 heterocycles. The van der Waals surface area contributed by atoms with Crippen LogP contribution in [0.25, 0.3) is 0 Å². The fraction of sp³-hybridized carbons (Fsp3) is 0.211. The van der Waals surface area contributed by atoms with Gasteiger partial charge in [0.1, 0.15) is 17.2 Å². The Morgan fingerprint density at radius 3 is 2.43 bits per heavy atom. The van der Waals surface area contributed by atoms with Crippen molar-refractivity contribution in [1.29, 1.82) is 0 Å². The Balaban J connectivity index is 2.23. The van der Waals surface area contributed by atoms with Crippen molar-refractivity contribution in [2.45, 2.75) is 13.0 Å². The lowest BCUT2D eigenvalue weighted by Crippen LogP contribution is -2.30. The van der Waals surface area contributed by atoms with Gasteiger partial charge in [-0.1, -0.05) is 0 Å². The molecule has 0 saturated heterocycles. The van der Waals surface area contributed by atoms with Crippen molar-refractivity contribution in [2.75, 3.05) is 19.5 Å². The third-order valence-electron chi connectivity index (χ3n) is 3.75. The van der Waals surface area contributed by atoms with E-state index in [2.05, 4.69) is 5.32 Å². The number of methoxy groups -OCH3 is 2. The van der Waals surface area contributed by atoms with Gasteiger partial charge in [0, 0.05) is 11.6 Å². The Morgan fingerprint density at radius 2 is 1.82 bits per heavy atom. The second-order valence-corrected chi connectivity index (χ2v) is 5.54. The van der Waals surface area contributed by atoms with Gasteiger partial charge in [-0.3, -0.25) is 9.59 Å². The minimum atomic E-state index is -1.38. The number of amides is 1. The summed E-state index contributed by atoms with van der Waals surface area (Å²) in [6.07, 6.45) is -0.962. The predicted molar refractivity (Wildman–Crippen MR) is 94.8 cm³/mol. The smallest absolute Gasteiger partial charge is 0.343 e. The molecule has 0 bridgehead atoms. The van der Waals surface area contributed by atoms with E-state index in [0.29, 0.717) is 6.29 Å². The van der Waals surface area contributed by atoms with E-state index in [1.54, 1.807) is 0 Å². The molecule has 0 aliphatic rings. The molecule has 9 heteroatoms. The summed E-state index contributed by atoms with van der Waals surface area (Å²) in [7, 11) is 2.61. The van der Waals surface area contributed by atoms with Crippen LogP contribution in [-0.4, -0.2) is 38.5 Å². The highest BCUT2D eigenvalue weighted by Crippen LogP contribution is 2.33. The lowest BCUT2D eigenvalue weighted by Gasteiger charge is -2.17. The van der Waals surface area contributed by atoms with Crippen LogP contribution < -0.4 is 14.8 Å². The number of benzene rings is 2. The summed E-state index contributed by atoms with van der Waals surface area (Å²) in [5, 5.41) is 2.13. The van der Waals surface area contributed by atoms with E-state index in [-0.39, 0.29) is 22.6 Å². The van der Waals surface area contributed by atoms with Gasteiger partial charge < -0.3 is 19.5 Å². The molecular weight excluding hydrogens is 376 g/mol. The van der Waals surface area contributed by atoms with Gasteiger partial charge in [0.05, 0.1) is 19.9 Å². The molecule has 0 aromatic heterocycles. The van der Waals surface area contributed by atoms with Gasteiger partial charge >= 0.3 is 5.97 Å². The van der Waals surface area contributed by atoms with Crippen LogP contribution in [0.4, 0.5) is 14.5 Å². The molecule has 2 aromatic rings. The first kappa shape index (κ1) is 20.8. The number of esters is 1. The van der Waals surface area contributed by atoms with Crippen LogP contribution in [0.3, 0.4) is 0 Å². The Hall–Kier alpha value is -3.49. The van der Waals surface area contributed by atoms with Crippen molar-refractivity contribution in [2.24, 2.45) is 0 Å². The molecule has 1 atom stereocenters. The van der Waals surface area contributed by atoms with Crippen LogP contribution in [0.5, 0.6) is 11.5 Å². The Morgan fingerprint density at radius 1 is 1.11 bits per heavy atom. The zero-order valence-corrected chi connectivity index (χ0v) is 15.2. The van der Waals surface area contributed by atoms with E-state index < -0.39 is 35.3 Å². The highest BCUT2D eigenvalue weighted by atomic mass is 19.1. The SMILES string of the molecule is COc1ccc(C=O)c(C(=O)O[C@H](C)C(=O)Nc2cc(F)ccc2F)c1OC. The maximum Gasteiger partial charge on any atom is 0.343 e. The lowest BCUT2D eigenvalue weighted by molar-refractivity contribution is -0.123. The lowest BCUT2D eigenvalue weighted by atomic mass is 10.1. The largest absolute Gasteiger partial charge is 0.493 e. The molecule has 0 aliphatic heterocycles. The van der Waals surface area contributed by atoms with Gasteiger partial charge in [0.2, 0.25) is 0 Å². The molecule has 0 saturated carbocycles. The standard InChI is InChI=1S/C19H17F2NO6/c1-10(18(24)22-14-8-12(20)5-6-13(14)21)28-19(25)16-11(9-23)4-7-15(26-2)17(16)27-3/h4-10H,1-3H3,(H,22,24)/t10-/m1/s1. The number of carbonyl (C=O) groups is 3. The summed E-state index contributed by atoms with van der Waals surface area (Å²) in [5.41, 5.74) is -0.666. The average molecular weight is 393 g/mol. The number of rotatable bonds is 7. The van der Waals surface area contributed by atoms with Crippen LogP contribution >= 0.6 is 0 Å². The Bertz CT molecular complexity index is 916. The molecule has 1 amide bonds. The molecule has 0 fully saturated rings. The molecule has 0 spiro atoms. The van der Waals surface area contributed by atoms with Crippen molar-refractivity contribution in [3.8, 4) is 11.5 Å². The van der Waals surface area contributed by atoms with Crippen LogP contribution in [0.2, 0.25) is 0 Å². The summed E-state index contributed by atoms with van der Waals surface area (Å²) in [5.74, 6) is -3.39. The Kier molecular flexibility index (Phi) is 6.64. The zero-order valence-electron chi connectivity index (χ0n) is 15.2. The zero-order chi connectivity index (χ0) is 20.8. The van der Waals surface area contributed by atoms with Gasteiger partial charge in [-0.25, -0.2) is 13.6 Å². The number of hydrogen-bond acceptors (Lipinski definition) is 6. The van der Waals surface area contributed by atoms with E-state index in [9.17, 15) is 23.2 Å². The minimum absolute atomic E-state index is 0.0357. The summed E-state index contributed by atoms with van der Waals surface area (Å²) >= 11 is 0. The van der Waals surface area contributed by atoms with E-state index in [1.165, 1.54) is 33.3 Å². The summed E-state index contributed by atoms with van der Waals surface area (Å²) in [6, 6.07) is 5.29. The molecule has 7 nitrogen and oxygen atoms in total. The number of anilines is 1. The Labute approximate surface area is 159 Å². The van der Waals surface area contributed by atoms with E-state index in [4.69, 9.17) is 14.2 Å². The molecule has 28 heavy (non-hydrogen) atoms. The van der Waals surface area contributed by atoms with Crippen molar-refractivity contribution < 1.29 is 37.4 Å². The minimum Gasteiger partial charge on any atom is -0.493 e. The molecule has 2 rings (SSSR count).